The lowest BCUT2D eigenvalue weighted by atomic mass is 10.1. The minimum Gasteiger partial charge on any atom is -0.478 e. The Balaban J connectivity index is 1.89. The lowest BCUT2D eigenvalue weighted by molar-refractivity contribution is -0.115. The summed E-state index contributed by atoms with van der Waals surface area (Å²) in [5.74, 6) is -1.30. The number of anilines is 1. The van der Waals surface area contributed by atoms with Crippen LogP contribution >= 0.6 is 11.6 Å². The van der Waals surface area contributed by atoms with Crippen LogP contribution in [0.1, 0.15) is 30.1 Å². The molecular weight excluding hydrogens is 280 g/mol. The lowest BCUT2D eigenvalue weighted by Crippen LogP contribution is -2.31. The molecule has 20 heavy (non-hydrogen) atoms. The highest BCUT2D eigenvalue weighted by molar-refractivity contribution is 6.33. The number of carboxylic acids is 1. The van der Waals surface area contributed by atoms with Gasteiger partial charge in [-0.3, -0.25) is 4.79 Å². The normalized spacial score (nSPS) is 15.7. The summed E-state index contributed by atoms with van der Waals surface area (Å²) in [6.45, 7) is 3.16. The van der Waals surface area contributed by atoms with Crippen LogP contribution < -0.4 is 10.6 Å². The second-order valence-electron chi connectivity index (χ2n) is 5.46. The Morgan fingerprint density at radius 2 is 2.10 bits per heavy atom. The van der Waals surface area contributed by atoms with Crippen LogP contribution in [0, 0.1) is 5.41 Å². The molecule has 3 N–H and O–H groups in total. The molecule has 6 heteroatoms. The van der Waals surface area contributed by atoms with Gasteiger partial charge in [-0.1, -0.05) is 18.5 Å². The molecule has 1 aromatic carbocycles. The third kappa shape index (κ3) is 3.95. The molecule has 0 unspecified atom stereocenters. The van der Waals surface area contributed by atoms with Gasteiger partial charge in [0.25, 0.3) is 0 Å². The van der Waals surface area contributed by atoms with E-state index in [-0.39, 0.29) is 18.0 Å². The highest BCUT2D eigenvalue weighted by atomic mass is 35.5. The molecular formula is C14H17ClN2O3. The first-order chi connectivity index (χ1) is 9.39. The molecule has 1 amide bonds. The summed E-state index contributed by atoms with van der Waals surface area (Å²) >= 11 is 5.93. The van der Waals surface area contributed by atoms with Crippen molar-refractivity contribution in [3.8, 4) is 0 Å². The fourth-order valence-electron chi connectivity index (χ4n) is 1.82. The summed E-state index contributed by atoms with van der Waals surface area (Å²) in [5, 5.41) is 14.9. The van der Waals surface area contributed by atoms with Crippen LogP contribution in [0.3, 0.4) is 0 Å². The standard InChI is InChI=1S/C14H17ClN2O3/c1-14(4-5-14)8-16-7-12(18)17-11-6-9(13(19)20)2-3-10(11)15/h2-3,6,16H,4-5,7-8H2,1H3,(H,17,18)(H,19,20). The molecule has 0 atom stereocenters. The molecule has 1 saturated carbocycles. The SMILES string of the molecule is CC1(CNCC(=O)Nc2cc(C(=O)O)ccc2Cl)CC1. The molecule has 1 aliphatic carbocycles. The number of hydrogen-bond acceptors (Lipinski definition) is 3. The van der Waals surface area contributed by atoms with Crippen LogP contribution in [0.4, 0.5) is 5.69 Å². The Hall–Kier alpha value is -1.59. The largest absolute Gasteiger partial charge is 0.478 e. The van der Waals surface area contributed by atoms with Crippen LogP contribution in [-0.2, 0) is 4.79 Å². The van der Waals surface area contributed by atoms with Gasteiger partial charge < -0.3 is 15.7 Å². The van der Waals surface area contributed by atoms with E-state index < -0.39 is 5.97 Å². The summed E-state index contributed by atoms with van der Waals surface area (Å²) in [7, 11) is 0. The number of amides is 1. The quantitative estimate of drug-likeness (QED) is 0.753. The van der Waals surface area contributed by atoms with Gasteiger partial charge in [-0.15, -0.1) is 0 Å². The average molecular weight is 297 g/mol. The van der Waals surface area contributed by atoms with E-state index in [9.17, 15) is 9.59 Å². The Kier molecular flexibility index (Phi) is 4.30. The predicted molar refractivity (Wildman–Crippen MR) is 77.3 cm³/mol. The van der Waals surface area contributed by atoms with E-state index in [4.69, 9.17) is 16.7 Å². The van der Waals surface area contributed by atoms with Crippen molar-refractivity contribution in [2.24, 2.45) is 5.41 Å². The highest BCUT2D eigenvalue weighted by Gasteiger charge is 2.36. The fraction of sp³-hybridized carbons (Fsp3) is 0.429. The van der Waals surface area contributed by atoms with Gasteiger partial charge in [0.05, 0.1) is 22.8 Å². The second-order valence-corrected chi connectivity index (χ2v) is 5.87. The Bertz CT molecular complexity index is 541. The zero-order chi connectivity index (χ0) is 14.8. The number of nitrogens with one attached hydrogen (secondary N) is 2. The zero-order valence-electron chi connectivity index (χ0n) is 11.2. The topological polar surface area (TPSA) is 78.4 Å². The number of halogens is 1. The number of carbonyl (C=O) groups excluding carboxylic acids is 1. The van der Waals surface area contributed by atoms with Gasteiger partial charge >= 0.3 is 5.97 Å². The maximum atomic E-state index is 11.8. The predicted octanol–water partition coefficient (Wildman–Crippen LogP) is 2.37. The van der Waals surface area contributed by atoms with E-state index >= 15 is 0 Å². The summed E-state index contributed by atoms with van der Waals surface area (Å²) < 4.78 is 0. The van der Waals surface area contributed by atoms with Crippen LogP contribution in [0.5, 0.6) is 0 Å². The van der Waals surface area contributed by atoms with Gasteiger partial charge in [0.15, 0.2) is 0 Å². The second kappa shape index (κ2) is 5.81. The van der Waals surface area contributed by atoms with Crippen molar-refractivity contribution in [3.63, 3.8) is 0 Å². The number of benzene rings is 1. The smallest absolute Gasteiger partial charge is 0.335 e. The molecule has 5 nitrogen and oxygen atoms in total. The van der Waals surface area contributed by atoms with Crippen molar-refractivity contribution >= 4 is 29.2 Å². The lowest BCUT2D eigenvalue weighted by Gasteiger charge is -2.11. The number of rotatable bonds is 6. The van der Waals surface area contributed by atoms with E-state index in [1.54, 1.807) is 0 Å². The van der Waals surface area contributed by atoms with E-state index in [1.165, 1.54) is 31.0 Å². The van der Waals surface area contributed by atoms with Crippen LogP contribution in [0.15, 0.2) is 18.2 Å². The molecule has 0 radical (unpaired) electrons. The summed E-state index contributed by atoms with van der Waals surface area (Å²) in [5.41, 5.74) is 0.736. The van der Waals surface area contributed by atoms with Gasteiger partial charge in [-0.25, -0.2) is 4.79 Å². The van der Waals surface area contributed by atoms with E-state index in [0.29, 0.717) is 16.1 Å². The molecule has 0 bridgehead atoms. The molecule has 0 aromatic heterocycles. The summed E-state index contributed by atoms with van der Waals surface area (Å²) in [6.07, 6.45) is 2.38. The van der Waals surface area contributed by atoms with E-state index in [0.717, 1.165) is 6.54 Å². The average Bonchev–Trinajstić information content (AvgIpc) is 3.10. The first kappa shape index (κ1) is 14.8. The molecule has 2 rings (SSSR count). The minimum atomic E-state index is -1.06. The summed E-state index contributed by atoms with van der Waals surface area (Å²) in [6, 6.07) is 4.20. The number of aromatic carboxylic acids is 1. The van der Waals surface area contributed by atoms with Crippen molar-refractivity contribution in [1.82, 2.24) is 5.32 Å². The number of hydrogen-bond donors (Lipinski definition) is 3. The van der Waals surface area contributed by atoms with Crippen LogP contribution in [0.2, 0.25) is 5.02 Å². The monoisotopic (exact) mass is 296 g/mol. The van der Waals surface area contributed by atoms with Crippen molar-refractivity contribution in [2.45, 2.75) is 19.8 Å². The molecule has 0 spiro atoms. The first-order valence-electron chi connectivity index (χ1n) is 6.43. The molecule has 0 heterocycles. The number of carboxylic acid groups (broad SMARTS) is 1. The van der Waals surface area contributed by atoms with Crippen LogP contribution in [-0.4, -0.2) is 30.1 Å². The van der Waals surface area contributed by atoms with Gasteiger partial charge in [0.1, 0.15) is 0 Å². The Labute approximate surface area is 122 Å². The minimum absolute atomic E-state index is 0.0863. The van der Waals surface area contributed by atoms with Gasteiger partial charge in [0.2, 0.25) is 5.91 Å². The number of carbonyl (C=O) groups is 2. The third-order valence-corrected chi connectivity index (χ3v) is 3.76. The summed E-state index contributed by atoms with van der Waals surface area (Å²) in [4.78, 5) is 22.6. The van der Waals surface area contributed by atoms with Crippen molar-refractivity contribution in [2.75, 3.05) is 18.4 Å². The van der Waals surface area contributed by atoms with Crippen LogP contribution in [0.25, 0.3) is 0 Å². The zero-order valence-corrected chi connectivity index (χ0v) is 12.0. The maximum Gasteiger partial charge on any atom is 0.335 e. The van der Waals surface area contributed by atoms with Crippen molar-refractivity contribution < 1.29 is 14.7 Å². The molecule has 1 aliphatic rings. The highest BCUT2D eigenvalue weighted by Crippen LogP contribution is 2.43. The third-order valence-electron chi connectivity index (χ3n) is 3.43. The van der Waals surface area contributed by atoms with E-state index in [2.05, 4.69) is 17.6 Å². The van der Waals surface area contributed by atoms with Crippen molar-refractivity contribution in [3.05, 3.63) is 28.8 Å². The van der Waals surface area contributed by atoms with Gasteiger partial charge in [-0.05, 0) is 36.5 Å². The Morgan fingerprint density at radius 3 is 2.70 bits per heavy atom. The van der Waals surface area contributed by atoms with Crippen molar-refractivity contribution in [1.29, 1.82) is 0 Å². The van der Waals surface area contributed by atoms with Gasteiger partial charge in [-0.2, -0.15) is 0 Å². The first-order valence-corrected chi connectivity index (χ1v) is 6.81. The fourth-order valence-corrected chi connectivity index (χ4v) is 1.98. The maximum absolute atomic E-state index is 11.8. The van der Waals surface area contributed by atoms with E-state index in [1.807, 2.05) is 0 Å². The molecule has 1 aromatic rings. The Morgan fingerprint density at radius 1 is 1.40 bits per heavy atom. The molecule has 0 aliphatic heterocycles. The molecule has 1 fully saturated rings. The molecule has 108 valence electrons. The van der Waals surface area contributed by atoms with Gasteiger partial charge in [0, 0.05) is 6.54 Å². The molecule has 0 saturated heterocycles.